The summed E-state index contributed by atoms with van der Waals surface area (Å²) >= 11 is 0. The van der Waals surface area contributed by atoms with Gasteiger partial charge in [0.15, 0.2) is 0 Å². The van der Waals surface area contributed by atoms with Crippen LogP contribution in [0, 0.1) is 12.3 Å². The maximum absolute atomic E-state index is 13.0. The summed E-state index contributed by atoms with van der Waals surface area (Å²) in [5, 5.41) is 6.99. The summed E-state index contributed by atoms with van der Waals surface area (Å²) in [5.41, 5.74) is 2.80. The van der Waals surface area contributed by atoms with Gasteiger partial charge in [0.25, 0.3) is 5.91 Å². The van der Waals surface area contributed by atoms with Crippen molar-refractivity contribution in [3.8, 4) is 11.4 Å². The standard InChI is InChI=1S/C26H31N5O3/c1-18-8-10-19(11-9-18)23-28-22(34-29-23)17-30-12-14-31(15-13-30)24(32)20-6-5-7-21(16-20)27-25(33)26(2,3)4/h5-11,16H,12-15,17H2,1-4H3,(H,27,33). The molecule has 8 nitrogen and oxygen atoms in total. The summed E-state index contributed by atoms with van der Waals surface area (Å²) in [6.45, 7) is 10.8. The van der Waals surface area contributed by atoms with E-state index in [0.717, 1.165) is 5.56 Å². The van der Waals surface area contributed by atoms with Gasteiger partial charge in [-0.25, -0.2) is 0 Å². The third kappa shape index (κ3) is 5.69. The molecule has 0 aliphatic carbocycles. The number of nitrogens with zero attached hydrogens (tertiary/aromatic N) is 4. The van der Waals surface area contributed by atoms with Crippen molar-refractivity contribution >= 4 is 17.5 Å². The first kappa shape index (κ1) is 23.6. The van der Waals surface area contributed by atoms with Gasteiger partial charge in [0.2, 0.25) is 17.6 Å². The van der Waals surface area contributed by atoms with Crippen LogP contribution in [0.5, 0.6) is 0 Å². The molecule has 1 aromatic heterocycles. The number of anilines is 1. The Balaban J connectivity index is 1.32. The second-order valence-corrected chi connectivity index (χ2v) is 9.73. The molecule has 1 fully saturated rings. The number of hydrogen-bond donors (Lipinski definition) is 1. The Kier molecular flexibility index (Phi) is 6.79. The van der Waals surface area contributed by atoms with Crippen LogP contribution in [0.25, 0.3) is 11.4 Å². The zero-order valence-electron chi connectivity index (χ0n) is 20.2. The van der Waals surface area contributed by atoms with Gasteiger partial charge in [-0.1, -0.05) is 61.8 Å². The summed E-state index contributed by atoms with van der Waals surface area (Å²) < 4.78 is 5.45. The number of rotatable bonds is 5. The fourth-order valence-corrected chi connectivity index (χ4v) is 3.67. The van der Waals surface area contributed by atoms with E-state index < -0.39 is 5.41 Å². The minimum absolute atomic E-state index is 0.0362. The van der Waals surface area contributed by atoms with E-state index in [1.807, 2.05) is 56.9 Å². The van der Waals surface area contributed by atoms with E-state index >= 15 is 0 Å². The van der Waals surface area contributed by atoms with Gasteiger partial charge in [0.1, 0.15) is 0 Å². The minimum atomic E-state index is -0.504. The number of benzene rings is 2. The van der Waals surface area contributed by atoms with Crippen molar-refractivity contribution in [2.24, 2.45) is 5.41 Å². The topological polar surface area (TPSA) is 91.6 Å². The lowest BCUT2D eigenvalue weighted by Crippen LogP contribution is -2.48. The van der Waals surface area contributed by atoms with E-state index in [0.29, 0.717) is 55.7 Å². The van der Waals surface area contributed by atoms with Crippen molar-refractivity contribution in [1.82, 2.24) is 19.9 Å². The summed E-state index contributed by atoms with van der Waals surface area (Å²) in [4.78, 5) is 33.9. The fourth-order valence-electron chi connectivity index (χ4n) is 3.67. The molecule has 1 aliphatic heterocycles. The highest BCUT2D eigenvalue weighted by Crippen LogP contribution is 2.20. The quantitative estimate of drug-likeness (QED) is 0.618. The van der Waals surface area contributed by atoms with E-state index in [1.165, 1.54) is 5.56 Å². The van der Waals surface area contributed by atoms with Gasteiger partial charge in [0, 0.05) is 48.4 Å². The molecular formula is C26H31N5O3. The first-order valence-electron chi connectivity index (χ1n) is 11.5. The number of nitrogens with one attached hydrogen (secondary N) is 1. The highest BCUT2D eigenvalue weighted by atomic mass is 16.5. The zero-order chi connectivity index (χ0) is 24.3. The Morgan fingerprint density at radius 3 is 2.41 bits per heavy atom. The van der Waals surface area contributed by atoms with Crippen LogP contribution < -0.4 is 5.32 Å². The van der Waals surface area contributed by atoms with Crippen LogP contribution >= 0.6 is 0 Å². The third-order valence-corrected chi connectivity index (χ3v) is 5.84. The first-order chi connectivity index (χ1) is 16.2. The first-order valence-corrected chi connectivity index (χ1v) is 11.5. The highest BCUT2D eigenvalue weighted by Gasteiger charge is 2.25. The average molecular weight is 462 g/mol. The number of carbonyl (C=O) groups excluding carboxylic acids is 2. The van der Waals surface area contributed by atoms with E-state index in [2.05, 4.69) is 20.4 Å². The Bertz CT molecular complexity index is 1160. The number of aryl methyl sites for hydroxylation is 1. The SMILES string of the molecule is Cc1ccc(-c2noc(CN3CCN(C(=O)c4cccc(NC(=O)C(C)(C)C)c4)CC3)n2)cc1. The Hall–Kier alpha value is -3.52. The number of aromatic nitrogens is 2. The van der Waals surface area contributed by atoms with Crippen LogP contribution in [0.15, 0.2) is 53.1 Å². The third-order valence-electron chi connectivity index (χ3n) is 5.84. The molecule has 2 aromatic carbocycles. The number of piperazine rings is 1. The Labute approximate surface area is 199 Å². The van der Waals surface area contributed by atoms with Crippen molar-refractivity contribution in [3.63, 3.8) is 0 Å². The van der Waals surface area contributed by atoms with E-state index in [9.17, 15) is 9.59 Å². The lowest BCUT2D eigenvalue weighted by molar-refractivity contribution is -0.123. The lowest BCUT2D eigenvalue weighted by Gasteiger charge is -2.34. The van der Waals surface area contributed by atoms with Gasteiger partial charge in [-0.2, -0.15) is 4.98 Å². The van der Waals surface area contributed by atoms with E-state index in [-0.39, 0.29) is 11.8 Å². The molecule has 0 radical (unpaired) electrons. The smallest absolute Gasteiger partial charge is 0.254 e. The van der Waals surface area contributed by atoms with E-state index in [1.54, 1.807) is 24.3 Å². The lowest BCUT2D eigenvalue weighted by atomic mass is 9.95. The highest BCUT2D eigenvalue weighted by molar-refractivity contribution is 5.98. The van der Waals surface area contributed by atoms with Crippen molar-refractivity contribution < 1.29 is 14.1 Å². The molecule has 1 saturated heterocycles. The summed E-state index contributed by atoms with van der Waals surface area (Å²) in [5.74, 6) is 1.03. The molecule has 2 heterocycles. The van der Waals surface area contributed by atoms with Crippen molar-refractivity contribution in [3.05, 3.63) is 65.5 Å². The molecule has 0 unspecified atom stereocenters. The zero-order valence-corrected chi connectivity index (χ0v) is 20.2. The van der Waals surface area contributed by atoms with Crippen LogP contribution in [0.1, 0.15) is 42.6 Å². The van der Waals surface area contributed by atoms with Crippen LogP contribution in [0.3, 0.4) is 0 Å². The molecule has 178 valence electrons. The molecule has 34 heavy (non-hydrogen) atoms. The van der Waals surface area contributed by atoms with Crippen LogP contribution in [-0.4, -0.2) is 57.9 Å². The van der Waals surface area contributed by atoms with Gasteiger partial charge in [0.05, 0.1) is 6.54 Å². The predicted molar refractivity (Wildman–Crippen MR) is 130 cm³/mol. The molecule has 1 aliphatic rings. The van der Waals surface area contributed by atoms with Crippen LogP contribution in [-0.2, 0) is 11.3 Å². The monoisotopic (exact) mass is 461 g/mol. The second-order valence-electron chi connectivity index (χ2n) is 9.73. The molecule has 0 bridgehead atoms. The summed E-state index contributed by atoms with van der Waals surface area (Å²) in [6.07, 6.45) is 0. The van der Waals surface area contributed by atoms with Crippen molar-refractivity contribution in [1.29, 1.82) is 0 Å². The maximum atomic E-state index is 13.0. The van der Waals surface area contributed by atoms with Gasteiger partial charge in [-0.05, 0) is 25.1 Å². The van der Waals surface area contributed by atoms with E-state index in [4.69, 9.17) is 4.52 Å². The molecule has 0 spiro atoms. The summed E-state index contributed by atoms with van der Waals surface area (Å²) in [7, 11) is 0. The molecule has 1 N–H and O–H groups in total. The normalized spacial score (nSPS) is 14.8. The molecule has 4 rings (SSSR count). The molecule has 3 aromatic rings. The van der Waals surface area contributed by atoms with Crippen molar-refractivity contribution in [2.45, 2.75) is 34.2 Å². The minimum Gasteiger partial charge on any atom is -0.338 e. The molecule has 8 heteroatoms. The van der Waals surface area contributed by atoms with Gasteiger partial charge in [-0.3, -0.25) is 14.5 Å². The van der Waals surface area contributed by atoms with Gasteiger partial charge < -0.3 is 14.7 Å². The number of carbonyl (C=O) groups is 2. The molecular weight excluding hydrogens is 430 g/mol. The summed E-state index contributed by atoms with van der Waals surface area (Å²) in [6, 6.07) is 15.1. The van der Waals surface area contributed by atoms with Gasteiger partial charge in [-0.15, -0.1) is 0 Å². The van der Waals surface area contributed by atoms with Crippen molar-refractivity contribution in [2.75, 3.05) is 31.5 Å². The number of hydrogen-bond acceptors (Lipinski definition) is 6. The fraction of sp³-hybridized carbons (Fsp3) is 0.385. The molecule has 2 amide bonds. The predicted octanol–water partition coefficient (Wildman–Crippen LogP) is 3.99. The molecule has 0 saturated carbocycles. The molecule has 0 atom stereocenters. The second kappa shape index (κ2) is 9.77. The largest absolute Gasteiger partial charge is 0.338 e. The number of amides is 2. The Morgan fingerprint density at radius 1 is 1.03 bits per heavy atom. The van der Waals surface area contributed by atoms with Crippen LogP contribution in [0.2, 0.25) is 0 Å². The Morgan fingerprint density at radius 2 is 1.74 bits per heavy atom. The maximum Gasteiger partial charge on any atom is 0.254 e. The van der Waals surface area contributed by atoms with Crippen LogP contribution in [0.4, 0.5) is 5.69 Å². The van der Waals surface area contributed by atoms with Gasteiger partial charge >= 0.3 is 0 Å². The average Bonchev–Trinajstić information content (AvgIpc) is 3.27.